The summed E-state index contributed by atoms with van der Waals surface area (Å²) in [5.41, 5.74) is 7.08. The van der Waals surface area contributed by atoms with E-state index in [4.69, 9.17) is 20.6 Å². The van der Waals surface area contributed by atoms with Crippen LogP contribution in [0.2, 0.25) is 0 Å². The van der Waals surface area contributed by atoms with Crippen molar-refractivity contribution in [2.24, 2.45) is 5.73 Å². The van der Waals surface area contributed by atoms with Gasteiger partial charge in [-0.1, -0.05) is 6.07 Å². The predicted octanol–water partition coefficient (Wildman–Crippen LogP) is 2.47. The van der Waals surface area contributed by atoms with Crippen molar-refractivity contribution in [1.29, 1.82) is 5.41 Å². The van der Waals surface area contributed by atoms with Gasteiger partial charge in [0.15, 0.2) is 17.2 Å². The van der Waals surface area contributed by atoms with Gasteiger partial charge in [-0.25, -0.2) is 0 Å². The molecule has 0 radical (unpaired) electrons. The van der Waals surface area contributed by atoms with Crippen LogP contribution in [-0.2, 0) is 0 Å². The van der Waals surface area contributed by atoms with Gasteiger partial charge in [-0.2, -0.15) is 0 Å². The number of nitrogens with zero attached hydrogens (tertiary/aromatic N) is 1. The standard InChI is InChI=1S/C14H15N3O2/c1-9-3-4-11(12(7-9)18-2)19-13-8-17-6-5-10(13)14(15)16/h3-8H,1-2H3,(H3,15,16). The highest BCUT2D eigenvalue weighted by atomic mass is 16.5. The fourth-order valence-corrected chi connectivity index (χ4v) is 1.66. The van der Waals surface area contributed by atoms with Crippen molar-refractivity contribution in [1.82, 2.24) is 4.98 Å². The largest absolute Gasteiger partial charge is 0.493 e. The highest BCUT2D eigenvalue weighted by molar-refractivity contribution is 5.97. The topological polar surface area (TPSA) is 81.2 Å². The molecule has 0 aliphatic rings. The highest BCUT2D eigenvalue weighted by Gasteiger charge is 2.11. The summed E-state index contributed by atoms with van der Waals surface area (Å²) in [6.45, 7) is 1.97. The monoisotopic (exact) mass is 257 g/mol. The molecule has 0 saturated heterocycles. The van der Waals surface area contributed by atoms with Crippen LogP contribution in [0.25, 0.3) is 0 Å². The first kappa shape index (κ1) is 12.9. The van der Waals surface area contributed by atoms with Gasteiger partial charge in [-0.3, -0.25) is 10.4 Å². The van der Waals surface area contributed by atoms with Crippen molar-refractivity contribution in [2.75, 3.05) is 7.11 Å². The van der Waals surface area contributed by atoms with Gasteiger partial charge in [0.05, 0.1) is 18.9 Å². The molecule has 0 fully saturated rings. The van der Waals surface area contributed by atoms with Crippen LogP contribution in [0.1, 0.15) is 11.1 Å². The molecule has 1 aromatic heterocycles. The first-order chi connectivity index (χ1) is 9.11. The number of nitrogens with two attached hydrogens (primary N) is 1. The number of aryl methyl sites for hydroxylation is 1. The van der Waals surface area contributed by atoms with Gasteiger partial charge in [0.1, 0.15) is 5.84 Å². The molecule has 0 bridgehead atoms. The average Bonchev–Trinajstić information content (AvgIpc) is 2.41. The van der Waals surface area contributed by atoms with E-state index in [0.29, 0.717) is 22.8 Å². The van der Waals surface area contributed by atoms with E-state index in [9.17, 15) is 0 Å². The van der Waals surface area contributed by atoms with Gasteiger partial charge in [-0.15, -0.1) is 0 Å². The van der Waals surface area contributed by atoms with Gasteiger partial charge in [-0.05, 0) is 30.7 Å². The summed E-state index contributed by atoms with van der Waals surface area (Å²) in [6, 6.07) is 7.24. The number of nitrogens with one attached hydrogen (secondary N) is 1. The molecule has 0 aliphatic heterocycles. The zero-order valence-corrected chi connectivity index (χ0v) is 10.8. The number of benzene rings is 1. The molecule has 0 saturated carbocycles. The van der Waals surface area contributed by atoms with Gasteiger partial charge in [0.2, 0.25) is 0 Å². The molecule has 1 aromatic carbocycles. The fraction of sp³-hybridized carbons (Fsp3) is 0.143. The van der Waals surface area contributed by atoms with Crippen molar-refractivity contribution in [3.63, 3.8) is 0 Å². The Bertz CT molecular complexity index is 611. The van der Waals surface area contributed by atoms with Gasteiger partial charge in [0.25, 0.3) is 0 Å². The molecule has 0 spiro atoms. The average molecular weight is 257 g/mol. The maximum absolute atomic E-state index is 7.51. The molecule has 1 heterocycles. The lowest BCUT2D eigenvalue weighted by molar-refractivity contribution is 0.378. The Morgan fingerprint density at radius 3 is 2.68 bits per heavy atom. The zero-order valence-electron chi connectivity index (χ0n) is 10.8. The third kappa shape index (κ3) is 2.82. The Hall–Kier alpha value is -2.56. The molecule has 0 amide bonds. The minimum atomic E-state index is -0.0662. The van der Waals surface area contributed by atoms with Crippen molar-refractivity contribution in [2.45, 2.75) is 6.92 Å². The molecule has 5 heteroatoms. The number of amidine groups is 1. The smallest absolute Gasteiger partial charge is 0.169 e. The number of hydrogen-bond acceptors (Lipinski definition) is 4. The summed E-state index contributed by atoms with van der Waals surface area (Å²) in [7, 11) is 1.58. The Labute approximate surface area is 111 Å². The lowest BCUT2D eigenvalue weighted by Crippen LogP contribution is -2.12. The summed E-state index contributed by atoms with van der Waals surface area (Å²) in [5, 5.41) is 7.51. The molecule has 3 N–H and O–H groups in total. The molecule has 5 nitrogen and oxygen atoms in total. The lowest BCUT2D eigenvalue weighted by atomic mass is 10.2. The lowest BCUT2D eigenvalue weighted by Gasteiger charge is -2.12. The summed E-state index contributed by atoms with van der Waals surface area (Å²) in [6.07, 6.45) is 3.09. The molecular weight excluding hydrogens is 242 g/mol. The van der Waals surface area contributed by atoms with E-state index in [-0.39, 0.29) is 5.84 Å². The van der Waals surface area contributed by atoms with Gasteiger partial charge >= 0.3 is 0 Å². The number of nitrogen functional groups attached to an aromatic ring is 1. The van der Waals surface area contributed by atoms with Crippen LogP contribution < -0.4 is 15.2 Å². The Kier molecular flexibility index (Phi) is 3.66. The molecule has 2 aromatic rings. The van der Waals surface area contributed by atoms with Crippen LogP contribution in [-0.4, -0.2) is 17.9 Å². The van der Waals surface area contributed by atoms with Crippen LogP contribution in [0.15, 0.2) is 36.7 Å². The molecule has 0 aliphatic carbocycles. The van der Waals surface area contributed by atoms with Crippen molar-refractivity contribution in [3.05, 3.63) is 47.8 Å². The van der Waals surface area contributed by atoms with E-state index in [2.05, 4.69) is 4.98 Å². The number of hydrogen-bond donors (Lipinski definition) is 2. The van der Waals surface area contributed by atoms with E-state index in [1.807, 2.05) is 25.1 Å². The predicted molar refractivity (Wildman–Crippen MR) is 73.1 cm³/mol. The quantitative estimate of drug-likeness (QED) is 0.651. The molecule has 0 unspecified atom stereocenters. The molecular formula is C14H15N3O2. The summed E-state index contributed by atoms with van der Waals surface area (Å²) >= 11 is 0. The third-order valence-electron chi connectivity index (χ3n) is 2.61. The minimum absolute atomic E-state index is 0.0662. The van der Waals surface area contributed by atoms with Crippen LogP contribution in [0.4, 0.5) is 0 Å². The zero-order chi connectivity index (χ0) is 13.8. The maximum Gasteiger partial charge on any atom is 0.169 e. The number of methoxy groups -OCH3 is 1. The Morgan fingerprint density at radius 1 is 1.21 bits per heavy atom. The minimum Gasteiger partial charge on any atom is -0.493 e. The van der Waals surface area contributed by atoms with E-state index >= 15 is 0 Å². The van der Waals surface area contributed by atoms with Gasteiger partial charge in [0, 0.05) is 6.20 Å². The first-order valence-electron chi connectivity index (χ1n) is 5.72. The van der Waals surface area contributed by atoms with Crippen molar-refractivity contribution < 1.29 is 9.47 Å². The van der Waals surface area contributed by atoms with Crippen LogP contribution >= 0.6 is 0 Å². The number of aromatic nitrogens is 1. The second-order valence-corrected chi connectivity index (χ2v) is 4.04. The normalized spacial score (nSPS) is 10.0. The first-order valence-corrected chi connectivity index (χ1v) is 5.72. The van der Waals surface area contributed by atoms with Crippen molar-refractivity contribution in [3.8, 4) is 17.2 Å². The molecule has 2 rings (SSSR count). The van der Waals surface area contributed by atoms with E-state index in [1.54, 1.807) is 19.4 Å². The van der Waals surface area contributed by atoms with Crippen LogP contribution in [0.3, 0.4) is 0 Å². The van der Waals surface area contributed by atoms with Crippen molar-refractivity contribution >= 4 is 5.84 Å². The summed E-state index contributed by atoms with van der Waals surface area (Å²) < 4.78 is 11.0. The van der Waals surface area contributed by atoms with E-state index in [1.165, 1.54) is 6.20 Å². The second kappa shape index (κ2) is 5.39. The van der Waals surface area contributed by atoms with E-state index in [0.717, 1.165) is 5.56 Å². The maximum atomic E-state index is 7.51. The number of pyridine rings is 1. The molecule has 19 heavy (non-hydrogen) atoms. The SMILES string of the molecule is COc1cc(C)ccc1Oc1cnccc1C(=N)N. The van der Waals surface area contributed by atoms with E-state index < -0.39 is 0 Å². The number of ether oxygens (including phenoxy) is 2. The van der Waals surface area contributed by atoms with Crippen LogP contribution in [0.5, 0.6) is 17.2 Å². The number of rotatable bonds is 4. The summed E-state index contributed by atoms with van der Waals surface area (Å²) in [5.74, 6) is 1.54. The fourth-order valence-electron chi connectivity index (χ4n) is 1.66. The Morgan fingerprint density at radius 2 is 2.00 bits per heavy atom. The highest BCUT2D eigenvalue weighted by Crippen LogP contribution is 2.33. The third-order valence-corrected chi connectivity index (χ3v) is 2.61. The molecule has 0 atom stereocenters. The summed E-state index contributed by atoms with van der Waals surface area (Å²) in [4.78, 5) is 3.98. The van der Waals surface area contributed by atoms with Gasteiger partial charge < -0.3 is 15.2 Å². The van der Waals surface area contributed by atoms with Crippen LogP contribution in [0, 0.1) is 12.3 Å². The molecule has 98 valence electrons. The Balaban J connectivity index is 2.39. The second-order valence-electron chi connectivity index (χ2n) is 4.04.